The summed E-state index contributed by atoms with van der Waals surface area (Å²) in [7, 11) is 0. The van der Waals surface area contributed by atoms with Crippen LogP contribution < -0.4 is 0 Å². The Bertz CT molecular complexity index is 36.7. The summed E-state index contributed by atoms with van der Waals surface area (Å²) >= 11 is 6.40. The summed E-state index contributed by atoms with van der Waals surface area (Å²) in [6.07, 6.45) is 2.56. The Morgan fingerprint density at radius 3 is 1.56 bits per heavy atom. The molecule has 0 unspecified atom stereocenters. The third kappa shape index (κ3) is 8.92. The SMILES string of the molecule is BrCCBr.C1CCOC1. The molecule has 0 aromatic carbocycles. The Balaban J connectivity index is 0.000000148. The van der Waals surface area contributed by atoms with Crippen molar-refractivity contribution in [1.82, 2.24) is 0 Å². The minimum absolute atomic E-state index is 1.00. The first-order valence-corrected chi connectivity index (χ1v) is 5.35. The van der Waals surface area contributed by atoms with Crippen LogP contribution in [0.5, 0.6) is 0 Å². The molecule has 1 nitrogen and oxygen atoms in total. The molecule has 1 fully saturated rings. The standard InChI is InChI=1S/C4H8O.C2H4Br2/c1-2-4-5-3-1;3-1-2-4/h1-4H2;1-2H2. The van der Waals surface area contributed by atoms with Crippen molar-refractivity contribution >= 4 is 31.9 Å². The highest BCUT2D eigenvalue weighted by atomic mass is 79.9. The number of rotatable bonds is 1. The molecule has 0 saturated carbocycles. The normalized spacial score (nSPS) is 16.7. The molecule has 0 radical (unpaired) electrons. The predicted octanol–water partition coefficient (Wildman–Crippen LogP) is 2.57. The second-order valence-electron chi connectivity index (χ2n) is 1.70. The van der Waals surface area contributed by atoms with Gasteiger partial charge < -0.3 is 4.74 Å². The Labute approximate surface area is 73.4 Å². The molecule has 0 N–H and O–H groups in total. The Kier molecular flexibility index (Phi) is 9.83. The average molecular weight is 260 g/mol. The Hall–Kier alpha value is 0.920. The van der Waals surface area contributed by atoms with Crippen molar-refractivity contribution in [1.29, 1.82) is 0 Å². The average Bonchev–Trinajstić information content (AvgIpc) is 2.43. The van der Waals surface area contributed by atoms with Gasteiger partial charge in [-0.05, 0) is 12.8 Å². The van der Waals surface area contributed by atoms with E-state index < -0.39 is 0 Å². The van der Waals surface area contributed by atoms with Crippen LogP contribution in [0.2, 0.25) is 0 Å². The van der Waals surface area contributed by atoms with Gasteiger partial charge in [0.1, 0.15) is 0 Å². The van der Waals surface area contributed by atoms with Gasteiger partial charge in [0.05, 0.1) is 0 Å². The fourth-order valence-electron chi connectivity index (χ4n) is 0.510. The van der Waals surface area contributed by atoms with Gasteiger partial charge in [0.15, 0.2) is 0 Å². The molecule has 1 heterocycles. The van der Waals surface area contributed by atoms with Gasteiger partial charge in [-0.1, -0.05) is 31.9 Å². The highest BCUT2D eigenvalue weighted by Gasteiger charge is 1.94. The second kappa shape index (κ2) is 8.92. The lowest BCUT2D eigenvalue weighted by Gasteiger charge is -1.76. The van der Waals surface area contributed by atoms with E-state index in [1.165, 1.54) is 12.8 Å². The van der Waals surface area contributed by atoms with Crippen LogP contribution in [0.25, 0.3) is 0 Å². The molecule has 1 saturated heterocycles. The molecule has 3 heteroatoms. The van der Waals surface area contributed by atoms with Crippen molar-refractivity contribution in [3.8, 4) is 0 Å². The van der Waals surface area contributed by atoms with E-state index in [1.54, 1.807) is 0 Å². The highest BCUT2D eigenvalue weighted by molar-refractivity contribution is 9.11. The van der Waals surface area contributed by atoms with Crippen LogP contribution in [0.1, 0.15) is 12.8 Å². The van der Waals surface area contributed by atoms with Gasteiger partial charge in [0.25, 0.3) is 0 Å². The first kappa shape index (κ1) is 9.92. The van der Waals surface area contributed by atoms with Gasteiger partial charge in [-0.2, -0.15) is 0 Å². The lowest BCUT2D eigenvalue weighted by molar-refractivity contribution is 0.198. The van der Waals surface area contributed by atoms with E-state index in [0.29, 0.717) is 0 Å². The summed E-state index contributed by atoms with van der Waals surface area (Å²) in [5.41, 5.74) is 0. The second-order valence-corrected chi connectivity index (χ2v) is 3.28. The number of ether oxygens (including phenoxy) is 1. The number of hydrogen-bond donors (Lipinski definition) is 0. The maximum atomic E-state index is 4.94. The third-order valence-electron chi connectivity index (χ3n) is 0.899. The topological polar surface area (TPSA) is 9.23 Å². The van der Waals surface area contributed by atoms with E-state index in [0.717, 1.165) is 23.9 Å². The van der Waals surface area contributed by atoms with E-state index in [1.807, 2.05) is 0 Å². The summed E-state index contributed by atoms with van der Waals surface area (Å²) in [5, 5.41) is 2.10. The lowest BCUT2D eigenvalue weighted by Crippen LogP contribution is -1.74. The number of alkyl halides is 2. The summed E-state index contributed by atoms with van der Waals surface area (Å²) in [6.45, 7) is 2.00. The smallest absolute Gasteiger partial charge is 0.0466 e. The molecule has 0 spiro atoms. The fourth-order valence-corrected chi connectivity index (χ4v) is 0.510. The highest BCUT2D eigenvalue weighted by Crippen LogP contribution is 1.98. The Morgan fingerprint density at radius 2 is 1.44 bits per heavy atom. The van der Waals surface area contributed by atoms with Crippen LogP contribution >= 0.6 is 31.9 Å². The van der Waals surface area contributed by atoms with Crippen molar-refractivity contribution in [3.05, 3.63) is 0 Å². The van der Waals surface area contributed by atoms with Crippen molar-refractivity contribution in [2.24, 2.45) is 0 Å². The number of halogens is 2. The molecular weight excluding hydrogens is 248 g/mol. The van der Waals surface area contributed by atoms with Crippen LogP contribution in [-0.2, 0) is 4.74 Å². The molecule has 1 rings (SSSR count). The first-order valence-electron chi connectivity index (χ1n) is 3.11. The Morgan fingerprint density at radius 1 is 1.00 bits per heavy atom. The van der Waals surface area contributed by atoms with Crippen molar-refractivity contribution < 1.29 is 4.74 Å². The van der Waals surface area contributed by atoms with E-state index >= 15 is 0 Å². The van der Waals surface area contributed by atoms with E-state index in [9.17, 15) is 0 Å². The van der Waals surface area contributed by atoms with Crippen molar-refractivity contribution in [2.75, 3.05) is 23.9 Å². The van der Waals surface area contributed by atoms with Crippen LogP contribution in [0.3, 0.4) is 0 Å². The molecule has 0 aromatic heterocycles. The first-order chi connectivity index (χ1) is 4.41. The molecule has 1 aliphatic rings. The molecule has 0 atom stereocenters. The van der Waals surface area contributed by atoms with E-state index in [4.69, 9.17) is 4.74 Å². The molecular formula is C6H12Br2O. The van der Waals surface area contributed by atoms with Crippen LogP contribution in [0.4, 0.5) is 0 Å². The van der Waals surface area contributed by atoms with Gasteiger partial charge in [-0.25, -0.2) is 0 Å². The summed E-state index contributed by atoms with van der Waals surface area (Å²) in [5.74, 6) is 0. The molecule has 0 aromatic rings. The third-order valence-corrected chi connectivity index (χ3v) is 2.76. The summed E-state index contributed by atoms with van der Waals surface area (Å²) < 4.78 is 4.94. The predicted molar refractivity (Wildman–Crippen MR) is 47.6 cm³/mol. The van der Waals surface area contributed by atoms with Crippen LogP contribution in [0, 0.1) is 0 Å². The van der Waals surface area contributed by atoms with Gasteiger partial charge >= 0.3 is 0 Å². The quantitative estimate of drug-likeness (QED) is 0.658. The monoisotopic (exact) mass is 258 g/mol. The minimum Gasteiger partial charge on any atom is -0.381 e. The molecule has 0 bridgehead atoms. The lowest BCUT2D eigenvalue weighted by atomic mass is 10.4. The minimum atomic E-state index is 1.00. The maximum Gasteiger partial charge on any atom is 0.0466 e. The fraction of sp³-hybridized carbons (Fsp3) is 1.00. The summed E-state index contributed by atoms with van der Waals surface area (Å²) in [4.78, 5) is 0. The van der Waals surface area contributed by atoms with Crippen LogP contribution in [-0.4, -0.2) is 23.9 Å². The van der Waals surface area contributed by atoms with E-state index in [2.05, 4.69) is 31.9 Å². The summed E-state index contributed by atoms with van der Waals surface area (Å²) in [6, 6.07) is 0. The van der Waals surface area contributed by atoms with Crippen molar-refractivity contribution in [2.45, 2.75) is 12.8 Å². The van der Waals surface area contributed by atoms with E-state index in [-0.39, 0.29) is 0 Å². The zero-order valence-corrected chi connectivity index (χ0v) is 8.58. The maximum absolute atomic E-state index is 4.94. The van der Waals surface area contributed by atoms with Gasteiger partial charge in [0.2, 0.25) is 0 Å². The molecule has 0 aliphatic carbocycles. The van der Waals surface area contributed by atoms with Gasteiger partial charge in [-0.3, -0.25) is 0 Å². The van der Waals surface area contributed by atoms with Crippen molar-refractivity contribution in [3.63, 3.8) is 0 Å². The zero-order valence-electron chi connectivity index (χ0n) is 5.41. The molecule has 56 valence electrons. The molecule has 9 heavy (non-hydrogen) atoms. The van der Waals surface area contributed by atoms with Gasteiger partial charge in [-0.15, -0.1) is 0 Å². The largest absolute Gasteiger partial charge is 0.381 e. The molecule has 1 aliphatic heterocycles. The molecule has 0 amide bonds. The zero-order chi connectivity index (χ0) is 6.95. The number of hydrogen-bond acceptors (Lipinski definition) is 1. The van der Waals surface area contributed by atoms with Gasteiger partial charge in [0, 0.05) is 23.9 Å². The van der Waals surface area contributed by atoms with Crippen LogP contribution in [0.15, 0.2) is 0 Å².